The number of rotatable bonds is 4. The van der Waals surface area contributed by atoms with Crippen molar-refractivity contribution < 1.29 is 19.0 Å². The molecule has 178 valence electrons. The summed E-state index contributed by atoms with van der Waals surface area (Å²) < 4.78 is 19.6. The van der Waals surface area contributed by atoms with Gasteiger partial charge in [0.15, 0.2) is 5.79 Å². The molecule has 0 amide bonds. The lowest BCUT2D eigenvalue weighted by Crippen LogP contribution is -2.50. The summed E-state index contributed by atoms with van der Waals surface area (Å²) in [6.45, 7) is 5.60. The molecule has 2 heterocycles. The molecule has 8 heteroatoms. The van der Waals surface area contributed by atoms with Crippen molar-refractivity contribution in [3.8, 4) is 16.8 Å². The summed E-state index contributed by atoms with van der Waals surface area (Å²) in [5.41, 5.74) is 5.89. The first-order valence-corrected chi connectivity index (χ1v) is 12.6. The number of thioether (sulfide) groups is 1. The average molecular weight is 480 g/mol. The third kappa shape index (κ3) is 4.15. The summed E-state index contributed by atoms with van der Waals surface area (Å²) in [5.74, 6) is -0.956. The fourth-order valence-corrected chi connectivity index (χ4v) is 5.41. The third-order valence-electron chi connectivity index (χ3n) is 6.64. The molecule has 0 atom stereocenters. The smallest absolute Gasteiger partial charge is 0.339 e. The molecule has 0 bridgehead atoms. The lowest BCUT2D eigenvalue weighted by molar-refractivity contribution is -0.302. The number of hydrogen-bond acceptors (Lipinski definition) is 7. The lowest BCUT2D eigenvalue weighted by atomic mass is 9.79. The Hall–Kier alpha value is -2.68. The molecule has 0 N–H and O–H groups in total. The average Bonchev–Trinajstić information content (AvgIpc) is 3.40. The fourth-order valence-electron chi connectivity index (χ4n) is 4.77. The molecular formula is C26H29N3O4S. The van der Waals surface area contributed by atoms with Gasteiger partial charge in [-0.25, -0.2) is 14.5 Å². The Balaban J connectivity index is 1.61. The summed E-state index contributed by atoms with van der Waals surface area (Å²) in [5, 5.41) is 4.21. The van der Waals surface area contributed by atoms with Crippen molar-refractivity contribution in [3.63, 3.8) is 0 Å². The number of aromatic nitrogens is 3. The third-order valence-corrected chi connectivity index (χ3v) is 7.40. The number of hydrogen-bond donors (Lipinski definition) is 0. The molecule has 1 fully saturated rings. The van der Waals surface area contributed by atoms with Gasteiger partial charge in [0, 0.05) is 23.2 Å². The van der Waals surface area contributed by atoms with Gasteiger partial charge in [0.25, 0.3) is 0 Å². The van der Waals surface area contributed by atoms with Gasteiger partial charge in [-0.2, -0.15) is 5.10 Å². The van der Waals surface area contributed by atoms with Crippen LogP contribution >= 0.6 is 11.8 Å². The summed E-state index contributed by atoms with van der Waals surface area (Å²) in [7, 11) is 1.44. The van der Waals surface area contributed by atoms with Crippen molar-refractivity contribution in [2.45, 2.75) is 43.8 Å². The minimum atomic E-state index is -0.661. The molecule has 0 saturated carbocycles. The van der Waals surface area contributed by atoms with Crippen LogP contribution in [0.2, 0.25) is 0 Å². The van der Waals surface area contributed by atoms with Crippen molar-refractivity contribution in [2.24, 2.45) is 5.41 Å². The van der Waals surface area contributed by atoms with Crippen LogP contribution in [0.4, 0.5) is 0 Å². The van der Waals surface area contributed by atoms with E-state index < -0.39 is 5.79 Å². The standard InChI is InChI=1S/C26H29N3O4S/c1-25(2)13-32-26(33-14-25)10-9-19-21(12-26)20(11-22(34-4)23(19)24(30)31-3)17-5-7-18(8-6-17)29-16-27-15-28-29/h5-8,11,15-16H,9-10,12-14H2,1-4H3. The number of carbonyl (C=O) groups excluding carboxylic acids is 1. The molecule has 0 unspecified atom stereocenters. The zero-order valence-corrected chi connectivity index (χ0v) is 20.8. The van der Waals surface area contributed by atoms with E-state index in [1.54, 1.807) is 22.8 Å². The van der Waals surface area contributed by atoms with Crippen molar-refractivity contribution >= 4 is 17.7 Å². The molecule has 0 radical (unpaired) electrons. The van der Waals surface area contributed by atoms with Gasteiger partial charge in [0.2, 0.25) is 0 Å². The van der Waals surface area contributed by atoms with E-state index in [1.165, 1.54) is 13.4 Å². The number of nitrogens with zero attached hydrogens (tertiary/aromatic N) is 3. The number of fused-ring (bicyclic) bond motifs is 1. The maximum Gasteiger partial charge on any atom is 0.339 e. The SMILES string of the molecule is COC(=O)c1c(SC)cc(-c2ccc(-n3cncn3)cc2)c2c1CCC1(C2)OCC(C)(C)CO1. The van der Waals surface area contributed by atoms with Crippen LogP contribution in [-0.2, 0) is 27.1 Å². The highest BCUT2D eigenvalue weighted by atomic mass is 32.2. The van der Waals surface area contributed by atoms with E-state index in [4.69, 9.17) is 14.2 Å². The summed E-state index contributed by atoms with van der Waals surface area (Å²) in [4.78, 5) is 17.8. The van der Waals surface area contributed by atoms with Gasteiger partial charge in [-0.05, 0) is 53.1 Å². The van der Waals surface area contributed by atoms with Gasteiger partial charge >= 0.3 is 5.97 Å². The quantitative estimate of drug-likeness (QED) is 0.397. The van der Waals surface area contributed by atoms with Crippen molar-refractivity contribution in [1.29, 1.82) is 0 Å². The maximum absolute atomic E-state index is 12.8. The van der Waals surface area contributed by atoms with Crippen molar-refractivity contribution in [1.82, 2.24) is 14.8 Å². The molecule has 1 saturated heterocycles. The van der Waals surface area contributed by atoms with Crippen LogP contribution in [0, 0.1) is 5.41 Å². The first kappa shape index (κ1) is 23.1. The Morgan fingerprint density at radius 1 is 1.15 bits per heavy atom. The zero-order valence-electron chi connectivity index (χ0n) is 20.0. The van der Waals surface area contributed by atoms with Gasteiger partial charge in [-0.1, -0.05) is 26.0 Å². The highest BCUT2D eigenvalue weighted by Crippen LogP contribution is 2.45. The molecule has 1 aromatic heterocycles. The highest BCUT2D eigenvalue weighted by molar-refractivity contribution is 7.98. The van der Waals surface area contributed by atoms with Crippen LogP contribution in [0.1, 0.15) is 41.8 Å². The number of ether oxygens (including phenoxy) is 3. The maximum atomic E-state index is 12.8. The van der Waals surface area contributed by atoms with Crippen LogP contribution in [0.25, 0.3) is 16.8 Å². The highest BCUT2D eigenvalue weighted by Gasteiger charge is 2.44. The van der Waals surface area contributed by atoms with Crippen LogP contribution in [0.5, 0.6) is 0 Å². The van der Waals surface area contributed by atoms with Gasteiger partial charge in [-0.3, -0.25) is 0 Å². The van der Waals surface area contributed by atoms with E-state index in [0.717, 1.165) is 32.8 Å². The van der Waals surface area contributed by atoms with Crippen LogP contribution in [0.15, 0.2) is 47.9 Å². The minimum absolute atomic E-state index is 0.00850. The van der Waals surface area contributed by atoms with E-state index >= 15 is 0 Å². The Labute approximate surface area is 203 Å². The molecule has 34 heavy (non-hydrogen) atoms. The van der Waals surface area contributed by atoms with Crippen LogP contribution in [-0.4, -0.2) is 53.1 Å². The van der Waals surface area contributed by atoms with E-state index in [2.05, 4.69) is 42.1 Å². The molecule has 2 aliphatic rings. The number of esters is 1. The number of benzene rings is 2. The normalized spacial score (nSPS) is 18.5. The van der Waals surface area contributed by atoms with Crippen LogP contribution in [0.3, 0.4) is 0 Å². The number of carbonyl (C=O) groups is 1. The second kappa shape index (κ2) is 8.83. The zero-order chi connectivity index (χ0) is 23.9. The molecule has 1 aliphatic heterocycles. The summed E-state index contributed by atoms with van der Waals surface area (Å²) in [6.07, 6.45) is 7.19. The predicted octanol–water partition coefficient (Wildman–Crippen LogP) is 4.70. The van der Waals surface area contributed by atoms with Crippen LogP contribution < -0.4 is 0 Å². The molecule has 1 spiro atoms. The molecule has 3 aromatic rings. The predicted molar refractivity (Wildman–Crippen MR) is 130 cm³/mol. The molecule has 7 nitrogen and oxygen atoms in total. The fraction of sp³-hybridized carbons (Fsp3) is 0.423. The molecular weight excluding hydrogens is 450 g/mol. The molecule has 5 rings (SSSR count). The Morgan fingerprint density at radius 3 is 2.50 bits per heavy atom. The van der Waals surface area contributed by atoms with E-state index in [-0.39, 0.29) is 11.4 Å². The first-order valence-electron chi connectivity index (χ1n) is 11.4. The summed E-state index contributed by atoms with van der Waals surface area (Å²) >= 11 is 1.56. The molecule has 2 aromatic carbocycles. The van der Waals surface area contributed by atoms with E-state index in [0.29, 0.717) is 38.0 Å². The second-order valence-corrected chi connectivity index (χ2v) is 10.5. The van der Waals surface area contributed by atoms with Gasteiger partial charge in [0.05, 0.1) is 31.6 Å². The Morgan fingerprint density at radius 2 is 1.88 bits per heavy atom. The second-order valence-electron chi connectivity index (χ2n) is 9.67. The monoisotopic (exact) mass is 479 g/mol. The van der Waals surface area contributed by atoms with Gasteiger partial charge in [-0.15, -0.1) is 11.8 Å². The Kier molecular flexibility index (Phi) is 6.00. The number of methoxy groups -OCH3 is 1. The first-order chi connectivity index (χ1) is 16.3. The largest absolute Gasteiger partial charge is 0.465 e. The minimum Gasteiger partial charge on any atom is -0.465 e. The van der Waals surface area contributed by atoms with Gasteiger partial charge < -0.3 is 14.2 Å². The van der Waals surface area contributed by atoms with E-state index in [9.17, 15) is 4.79 Å². The topological polar surface area (TPSA) is 75.5 Å². The van der Waals surface area contributed by atoms with Gasteiger partial charge in [0.1, 0.15) is 12.7 Å². The Bertz CT molecular complexity index is 1200. The van der Waals surface area contributed by atoms with Crippen molar-refractivity contribution in [2.75, 3.05) is 26.6 Å². The van der Waals surface area contributed by atoms with Crippen molar-refractivity contribution in [3.05, 3.63) is 59.7 Å². The summed E-state index contributed by atoms with van der Waals surface area (Å²) in [6, 6.07) is 10.3. The van der Waals surface area contributed by atoms with E-state index in [1.807, 2.05) is 18.4 Å². The lowest BCUT2D eigenvalue weighted by Gasteiger charge is -2.46. The molecule has 1 aliphatic carbocycles.